The molecule has 0 atom stereocenters. The van der Waals surface area contributed by atoms with Crippen molar-refractivity contribution in [2.45, 2.75) is 52.0 Å². The highest BCUT2D eigenvalue weighted by atomic mass is 127. The number of hydrogen-bond donors (Lipinski definition) is 1. The summed E-state index contributed by atoms with van der Waals surface area (Å²) in [5.74, 6) is 2.15. The number of para-hydroxylation sites is 1. The minimum Gasteiger partial charge on any atom is -0.343 e. The van der Waals surface area contributed by atoms with Gasteiger partial charge < -0.3 is 14.7 Å². The van der Waals surface area contributed by atoms with E-state index in [1.807, 2.05) is 30.3 Å². The summed E-state index contributed by atoms with van der Waals surface area (Å²) in [6.07, 6.45) is 3.69. The van der Waals surface area contributed by atoms with Crippen LogP contribution in [0, 0.1) is 0 Å². The lowest BCUT2D eigenvalue weighted by molar-refractivity contribution is 0.318. The first-order valence-electron chi connectivity index (χ1n) is 8.97. The molecule has 0 saturated carbocycles. The molecule has 0 spiro atoms. The second kappa shape index (κ2) is 9.34. The van der Waals surface area contributed by atoms with E-state index in [1.54, 1.807) is 0 Å². The van der Waals surface area contributed by atoms with Crippen molar-refractivity contribution in [2.75, 3.05) is 18.4 Å². The third-order valence-corrected chi connectivity index (χ3v) is 4.17. The quantitative estimate of drug-likeness (QED) is 0.409. The minimum atomic E-state index is -0.146. The van der Waals surface area contributed by atoms with Crippen molar-refractivity contribution in [2.24, 2.45) is 4.99 Å². The highest BCUT2D eigenvalue weighted by molar-refractivity contribution is 14.0. The lowest BCUT2D eigenvalue weighted by atomic mass is 9.97. The lowest BCUT2D eigenvalue weighted by Crippen LogP contribution is -2.40. The molecule has 0 amide bonds. The second-order valence-electron chi connectivity index (χ2n) is 7.44. The molecular formula is C19H28IN5O. The average molecular weight is 469 g/mol. The molecule has 0 aliphatic carbocycles. The molecule has 1 N–H and O–H groups in total. The van der Waals surface area contributed by atoms with Gasteiger partial charge in [-0.05, 0) is 31.4 Å². The van der Waals surface area contributed by atoms with Crippen molar-refractivity contribution in [3.63, 3.8) is 0 Å². The van der Waals surface area contributed by atoms with Crippen LogP contribution in [0.1, 0.15) is 51.7 Å². The van der Waals surface area contributed by atoms with E-state index in [4.69, 9.17) is 9.52 Å². The van der Waals surface area contributed by atoms with E-state index in [1.165, 1.54) is 19.3 Å². The Hall–Kier alpha value is -1.64. The predicted octanol–water partition coefficient (Wildman–Crippen LogP) is 4.44. The smallest absolute Gasteiger partial charge is 0.232 e. The maximum Gasteiger partial charge on any atom is 0.232 e. The summed E-state index contributed by atoms with van der Waals surface area (Å²) in [4.78, 5) is 11.5. The number of rotatable bonds is 3. The first-order valence-corrected chi connectivity index (χ1v) is 8.97. The number of aliphatic imine (C=N–C) groups is 1. The van der Waals surface area contributed by atoms with Crippen molar-refractivity contribution >= 4 is 35.6 Å². The van der Waals surface area contributed by atoms with Gasteiger partial charge in [-0.25, -0.2) is 4.99 Å². The Balaban J connectivity index is 0.00000243. The Morgan fingerprint density at radius 3 is 2.46 bits per heavy atom. The molecule has 1 fully saturated rings. The number of piperidine rings is 1. The van der Waals surface area contributed by atoms with Gasteiger partial charge in [-0.3, -0.25) is 0 Å². The number of benzene rings is 1. The molecule has 26 heavy (non-hydrogen) atoms. The fourth-order valence-corrected chi connectivity index (χ4v) is 2.74. The normalized spacial score (nSPS) is 15.5. The molecule has 1 saturated heterocycles. The summed E-state index contributed by atoms with van der Waals surface area (Å²) in [6.45, 7) is 8.64. The van der Waals surface area contributed by atoms with Crippen LogP contribution in [-0.2, 0) is 12.0 Å². The number of nitrogens with zero attached hydrogens (tertiary/aromatic N) is 4. The molecule has 3 rings (SSSR count). The number of anilines is 1. The summed E-state index contributed by atoms with van der Waals surface area (Å²) in [6, 6.07) is 10.1. The van der Waals surface area contributed by atoms with Crippen LogP contribution in [0.4, 0.5) is 5.69 Å². The number of guanidine groups is 1. The molecule has 142 valence electrons. The molecule has 0 radical (unpaired) electrons. The van der Waals surface area contributed by atoms with Gasteiger partial charge in [0.2, 0.25) is 5.89 Å². The van der Waals surface area contributed by atoms with Gasteiger partial charge in [-0.1, -0.05) is 44.1 Å². The van der Waals surface area contributed by atoms with Gasteiger partial charge in [0.1, 0.15) is 6.54 Å². The van der Waals surface area contributed by atoms with Crippen molar-refractivity contribution in [3.05, 3.63) is 42.0 Å². The highest BCUT2D eigenvalue weighted by Crippen LogP contribution is 2.20. The van der Waals surface area contributed by atoms with Gasteiger partial charge in [0.05, 0.1) is 0 Å². The van der Waals surface area contributed by atoms with Crippen LogP contribution in [-0.4, -0.2) is 34.1 Å². The van der Waals surface area contributed by atoms with Crippen molar-refractivity contribution in [1.82, 2.24) is 15.0 Å². The topological polar surface area (TPSA) is 66.6 Å². The van der Waals surface area contributed by atoms with Crippen LogP contribution in [0.25, 0.3) is 0 Å². The third kappa shape index (κ3) is 5.69. The molecule has 0 unspecified atom stereocenters. The van der Waals surface area contributed by atoms with Crippen molar-refractivity contribution in [1.29, 1.82) is 0 Å². The van der Waals surface area contributed by atoms with E-state index < -0.39 is 0 Å². The summed E-state index contributed by atoms with van der Waals surface area (Å²) in [5.41, 5.74) is 0.891. The summed E-state index contributed by atoms with van der Waals surface area (Å²) < 4.78 is 5.36. The second-order valence-corrected chi connectivity index (χ2v) is 7.44. The van der Waals surface area contributed by atoms with Crippen LogP contribution in [0.3, 0.4) is 0 Å². The van der Waals surface area contributed by atoms with Gasteiger partial charge in [0, 0.05) is 24.2 Å². The Kier molecular flexibility index (Phi) is 7.43. The van der Waals surface area contributed by atoms with E-state index in [0.29, 0.717) is 18.3 Å². The molecule has 1 aliphatic heterocycles. The zero-order valence-corrected chi connectivity index (χ0v) is 18.1. The zero-order chi connectivity index (χ0) is 17.7. The largest absolute Gasteiger partial charge is 0.343 e. The molecule has 2 aromatic rings. The standard InChI is InChI=1S/C19H27N5O.HI/c1-19(2,3)17-22-16(23-25-17)14-20-18(24-12-8-5-9-13-24)21-15-10-6-4-7-11-15;/h4,6-7,10-11H,5,8-9,12-14H2,1-3H3,(H,20,21);1H. The molecule has 0 bridgehead atoms. The maximum absolute atomic E-state index is 5.36. The maximum atomic E-state index is 5.36. The van der Waals surface area contributed by atoms with Gasteiger partial charge in [-0.2, -0.15) is 4.98 Å². The lowest BCUT2D eigenvalue weighted by Gasteiger charge is -2.30. The van der Waals surface area contributed by atoms with Crippen LogP contribution in [0.2, 0.25) is 0 Å². The molecule has 2 heterocycles. The Labute approximate surface area is 172 Å². The van der Waals surface area contributed by atoms with Crippen molar-refractivity contribution < 1.29 is 4.52 Å². The monoisotopic (exact) mass is 469 g/mol. The molecular weight excluding hydrogens is 441 g/mol. The molecule has 1 aromatic heterocycles. The molecule has 6 nitrogen and oxygen atoms in total. The fraction of sp³-hybridized carbons (Fsp3) is 0.526. The average Bonchev–Trinajstić information content (AvgIpc) is 3.10. The van der Waals surface area contributed by atoms with Crippen molar-refractivity contribution in [3.8, 4) is 0 Å². The van der Waals surface area contributed by atoms with Gasteiger partial charge >= 0.3 is 0 Å². The number of hydrogen-bond acceptors (Lipinski definition) is 4. The predicted molar refractivity (Wildman–Crippen MR) is 115 cm³/mol. The number of likely N-dealkylation sites (tertiary alicyclic amines) is 1. The van der Waals surface area contributed by atoms with E-state index in [9.17, 15) is 0 Å². The summed E-state index contributed by atoms with van der Waals surface area (Å²) >= 11 is 0. The SMILES string of the molecule is CC(C)(C)c1nc(CN=C(Nc2ccccc2)N2CCCCC2)no1.I. The van der Waals surface area contributed by atoms with Gasteiger partial charge in [-0.15, -0.1) is 24.0 Å². The van der Waals surface area contributed by atoms with E-state index >= 15 is 0 Å². The Morgan fingerprint density at radius 1 is 1.15 bits per heavy atom. The van der Waals surface area contributed by atoms with Crippen LogP contribution < -0.4 is 5.32 Å². The van der Waals surface area contributed by atoms with Gasteiger partial charge in [0.15, 0.2) is 11.8 Å². The van der Waals surface area contributed by atoms with Crippen LogP contribution in [0.15, 0.2) is 39.8 Å². The van der Waals surface area contributed by atoms with E-state index in [2.05, 4.69) is 41.1 Å². The van der Waals surface area contributed by atoms with E-state index in [-0.39, 0.29) is 29.4 Å². The van der Waals surface area contributed by atoms with Crippen LogP contribution >= 0.6 is 24.0 Å². The number of halogens is 1. The summed E-state index contributed by atoms with van der Waals surface area (Å²) in [7, 11) is 0. The Bertz CT molecular complexity index is 702. The minimum absolute atomic E-state index is 0. The highest BCUT2D eigenvalue weighted by Gasteiger charge is 2.22. The van der Waals surface area contributed by atoms with Crippen LogP contribution in [0.5, 0.6) is 0 Å². The third-order valence-electron chi connectivity index (χ3n) is 4.17. The van der Waals surface area contributed by atoms with E-state index in [0.717, 1.165) is 24.7 Å². The summed E-state index contributed by atoms with van der Waals surface area (Å²) in [5, 5.41) is 7.51. The number of aromatic nitrogens is 2. The first-order chi connectivity index (χ1) is 12.0. The fourth-order valence-electron chi connectivity index (χ4n) is 2.74. The Morgan fingerprint density at radius 2 is 1.85 bits per heavy atom. The van der Waals surface area contributed by atoms with Gasteiger partial charge in [0.25, 0.3) is 0 Å². The molecule has 1 aliphatic rings. The first kappa shape index (κ1) is 20.7. The molecule has 1 aromatic carbocycles. The number of nitrogens with one attached hydrogen (secondary N) is 1. The zero-order valence-electron chi connectivity index (χ0n) is 15.7. The molecule has 7 heteroatoms.